The van der Waals surface area contributed by atoms with Crippen LogP contribution in [0.3, 0.4) is 0 Å². The van der Waals surface area contributed by atoms with Gasteiger partial charge in [-0.2, -0.15) is 0 Å². The highest BCUT2D eigenvalue weighted by atomic mass is 32.1. The monoisotopic (exact) mass is 450 g/mol. The molecule has 8 heteroatoms. The average molecular weight is 451 g/mol. The number of hydrogen-bond acceptors (Lipinski definition) is 5. The Morgan fingerprint density at radius 1 is 1.16 bits per heavy atom. The molecule has 164 valence electrons. The molecule has 0 aliphatic rings. The second-order valence-corrected chi connectivity index (χ2v) is 8.38. The van der Waals surface area contributed by atoms with Gasteiger partial charge in [-0.3, -0.25) is 14.5 Å². The van der Waals surface area contributed by atoms with Gasteiger partial charge in [0.1, 0.15) is 11.6 Å². The van der Waals surface area contributed by atoms with Crippen LogP contribution in [-0.2, 0) is 11.3 Å². The molecule has 2 aromatic carbocycles. The van der Waals surface area contributed by atoms with Gasteiger partial charge >= 0.3 is 0 Å². The van der Waals surface area contributed by atoms with Crippen LogP contribution in [0.15, 0.2) is 70.8 Å². The average Bonchev–Trinajstić information content (AvgIpc) is 3.32. The number of aromatic amines is 1. The first-order valence-corrected chi connectivity index (χ1v) is 11.2. The maximum Gasteiger partial charge on any atom is 0.258 e. The molecule has 0 spiro atoms. The van der Waals surface area contributed by atoms with Crippen molar-refractivity contribution in [2.45, 2.75) is 19.5 Å². The number of rotatable bonds is 8. The maximum absolute atomic E-state index is 13.4. The van der Waals surface area contributed by atoms with Crippen molar-refractivity contribution in [1.82, 2.24) is 20.2 Å². The van der Waals surface area contributed by atoms with Crippen LogP contribution in [0.5, 0.6) is 0 Å². The molecule has 0 radical (unpaired) electrons. The number of H-pyrrole nitrogens is 1. The summed E-state index contributed by atoms with van der Waals surface area (Å²) in [5.41, 5.74) is 1.24. The second-order valence-electron chi connectivity index (χ2n) is 7.40. The van der Waals surface area contributed by atoms with Crippen LogP contribution in [0.4, 0.5) is 4.39 Å². The summed E-state index contributed by atoms with van der Waals surface area (Å²) in [6.45, 7) is 3.02. The van der Waals surface area contributed by atoms with Crippen LogP contribution < -0.4 is 10.9 Å². The van der Waals surface area contributed by atoms with Crippen LogP contribution in [0, 0.1) is 5.82 Å². The van der Waals surface area contributed by atoms with Crippen LogP contribution >= 0.6 is 11.3 Å². The highest BCUT2D eigenvalue weighted by molar-refractivity contribution is 7.10. The molecule has 0 bridgehead atoms. The third-order valence-electron chi connectivity index (χ3n) is 5.19. The highest BCUT2D eigenvalue weighted by Crippen LogP contribution is 2.26. The molecule has 0 saturated heterocycles. The van der Waals surface area contributed by atoms with Crippen molar-refractivity contribution in [3.8, 4) is 0 Å². The number of amides is 1. The van der Waals surface area contributed by atoms with E-state index in [2.05, 4.69) is 15.3 Å². The summed E-state index contributed by atoms with van der Waals surface area (Å²) in [5, 5.41) is 5.54. The van der Waals surface area contributed by atoms with E-state index in [4.69, 9.17) is 0 Å². The fourth-order valence-electron chi connectivity index (χ4n) is 3.54. The Hall–Kier alpha value is -3.36. The van der Waals surface area contributed by atoms with E-state index in [9.17, 15) is 14.0 Å². The molecular formula is C24H23FN4O2S. The van der Waals surface area contributed by atoms with Crippen LogP contribution in [0.2, 0.25) is 0 Å². The molecule has 0 saturated carbocycles. The van der Waals surface area contributed by atoms with E-state index < -0.39 is 0 Å². The first-order valence-electron chi connectivity index (χ1n) is 10.3. The number of nitrogens with one attached hydrogen (secondary N) is 2. The largest absolute Gasteiger partial charge is 0.343 e. The predicted octanol–water partition coefficient (Wildman–Crippen LogP) is 3.85. The zero-order chi connectivity index (χ0) is 22.5. The summed E-state index contributed by atoms with van der Waals surface area (Å²) in [6, 6.07) is 16.8. The zero-order valence-corrected chi connectivity index (χ0v) is 18.4. The van der Waals surface area contributed by atoms with Gasteiger partial charge in [0.25, 0.3) is 5.56 Å². The van der Waals surface area contributed by atoms with Crippen LogP contribution in [0.25, 0.3) is 10.9 Å². The molecule has 0 unspecified atom stereocenters. The van der Waals surface area contributed by atoms with Gasteiger partial charge in [-0.1, -0.05) is 37.3 Å². The number of aromatic nitrogens is 2. The van der Waals surface area contributed by atoms with Gasteiger partial charge in [-0.15, -0.1) is 11.3 Å². The van der Waals surface area contributed by atoms with Crippen LogP contribution in [0.1, 0.15) is 29.2 Å². The lowest BCUT2D eigenvalue weighted by molar-refractivity contribution is -0.122. The van der Waals surface area contributed by atoms with E-state index >= 15 is 0 Å². The van der Waals surface area contributed by atoms with Crippen molar-refractivity contribution >= 4 is 28.1 Å². The van der Waals surface area contributed by atoms with Crippen molar-refractivity contribution in [3.63, 3.8) is 0 Å². The lowest BCUT2D eigenvalue weighted by Crippen LogP contribution is -2.39. The molecule has 1 amide bonds. The van der Waals surface area contributed by atoms with E-state index in [-0.39, 0.29) is 29.9 Å². The topological polar surface area (TPSA) is 78.1 Å². The van der Waals surface area contributed by atoms with E-state index in [1.54, 1.807) is 30.3 Å². The minimum atomic E-state index is -0.361. The number of fused-ring (bicyclic) bond motifs is 1. The predicted molar refractivity (Wildman–Crippen MR) is 124 cm³/mol. The number of hydrogen-bond donors (Lipinski definition) is 2. The van der Waals surface area contributed by atoms with Crippen molar-refractivity contribution in [1.29, 1.82) is 0 Å². The normalized spacial score (nSPS) is 12.2. The van der Waals surface area contributed by atoms with Crippen molar-refractivity contribution in [2.75, 3.05) is 13.1 Å². The first kappa shape index (κ1) is 21.9. The molecule has 6 nitrogen and oxygen atoms in total. The number of para-hydroxylation sites is 1. The van der Waals surface area contributed by atoms with Gasteiger partial charge in [-0.25, -0.2) is 9.37 Å². The zero-order valence-electron chi connectivity index (χ0n) is 17.5. The van der Waals surface area contributed by atoms with Crippen molar-refractivity contribution < 1.29 is 9.18 Å². The standard InChI is InChI=1S/C24H23FN4O2S/c1-2-29(14-21-26-19-7-4-3-6-18(19)24(31)27-21)15-22(30)28-23(20-8-5-13-32-20)16-9-11-17(25)12-10-16/h3-13,23H,2,14-15H2,1H3,(H,28,30)(H,26,27,31)/t23-/m1/s1. The minimum absolute atomic E-state index is 0.135. The molecule has 4 rings (SSSR count). The van der Waals surface area contributed by atoms with Gasteiger partial charge in [0.05, 0.1) is 30.0 Å². The summed E-state index contributed by atoms with van der Waals surface area (Å²) >= 11 is 1.53. The third kappa shape index (κ3) is 5.09. The Kier molecular flexibility index (Phi) is 6.72. The Morgan fingerprint density at radius 2 is 1.94 bits per heavy atom. The van der Waals surface area contributed by atoms with Crippen LogP contribution in [-0.4, -0.2) is 33.9 Å². The SMILES string of the molecule is CCN(CC(=O)N[C@H](c1ccc(F)cc1)c1cccs1)Cc1nc2ccccc2c(=O)[nH]1. The molecule has 2 aromatic heterocycles. The number of halogens is 1. The van der Waals surface area contributed by atoms with E-state index in [0.717, 1.165) is 10.4 Å². The van der Waals surface area contributed by atoms with Crippen molar-refractivity contribution in [2.24, 2.45) is 0 Å². The summed E-state index contributed by atoms with van der Waals surface area (Å²) in [4.78, 5) is 35.4. The number of thiophene rings is 1. The van der Waals surface area contributed by atoms with Gasteiger partial charge in [0.15, 0.2) is 0 Å². The van der Waals surface area contributed by atoms with Gasteiger partial charge < -0.3 is 10.3 Å². The number of likely N-dealkylation sites (N-methyl/N-ethyl adjacent to an activating group) is 1. The third-order valence-corrected chi connectivity index (χ3v) is 6.12. The number of benzene rings is 2. The van der Waals surface area contributed by atoms with E-state index in [1.807, 2.05) is 35.4 Å². The summed E-state index contributed by atoms with van der Waals surface area (Å²) < 4.78 is 13.4. The molecule has 1 atom stereocenters. The Bertz CT molecular complexity index is 1260. The number of carbonyl (C=O) groups is 1. The van der Waals surface area contributed by atoms with Gasteiger partial charge in [0.2, 0.25) is 5.91 Å². The lowest BCUT2D eigenvalue weighted by atomic mass is 10.1. The first-order chi connectivity index (χ1) is 15.5. The highest BCUT2D eigenvalue weighted by Gasteiger charge is 2.20. The molecule has 0 aliphatic carbocycles. The van der Waals surface area contributed by atoms with Crippen molar-refractivity contribution in [3.05, 3.63) is 98.5 Å². The molecule has 4 aromatic rings. The summed E-state index contributed by atoms with van der Waals surface area (Å²) in [5.74, 6) is 0.0217. The number of nitrogens with zero attached hydrogens (tertiary/aromatic N) is 2. The fraction of sp³-hybridized carbons (Fsp3) is 0.208. The quantitative estimate of drug-likeness (QED) is 0.427. The van der Waals surface area contributed by atoms with Gasteiger partial charge in [0, 0.05) is 4.88 Å². The van der Waals surface area contributed by atoms with E-state index in [0.29, 0.717) is 29.8 Å². The van der Waals surface area contributed by atoms with Gasteiger partial charge in [-0.05, 0) is 47.8 Å². The maximum atomic E-state index is 13.4. The summed E-state index contributed by atoms with van der Waals surface area (Å²) in [7, 11) is 0. The summed E-state index contributed by atoms with van der Waals surface area (Å²) in [6.07, 6.45) is 0. The lowest BCUT2D eigenvalue weighted by Gasteiger charge is -2.23. The Balaban J connectivity index is 1.48. The Morgan fingerprint density at radius 3 is 2.66 bits per heavy atom. The fourth-order valence-corrected chi connectivity index (χ4v) is 4.34. The smallest absolute Gasteiger partial charge is 0.258 e. The molecular weight excluding hydrogens is 427 g/mol. The number of carbonyl (C=O) groups excluding carboxylic acids is 1. The van der Waals surface area contributed by atoms with E-state index in [1.165, 1.54) is 23.5 Å². The molecule has 2 N–H and O–H groups in total. The Labute approximate surface area is 188 Å². The molecule has 2 heterocycles. The molecule has 0 aliphatic heterocycles. The second kappa shape index (κ2) is 9.84. The molecule has 0 fully saturated rings. The minimum Gasteiger partial charge on any atom is -0.343 e. The molecule has 32 heavy (non-hydrogen) atoms.